The summed E-state index contributed by atoms with van der Waals surface area (Å²) in [6, 6.07) is 6.30. The minimum Gasteiger partial charge on any atom is -0.306 e. The van der Waals surface area contributed by atoms with Gasteiger partial charge in [-0.05, 0) is 37.1 Å². The quantitative estimate of drug-likeness (QED) is 0.907. The van der Waals surface area contributed by atoms with Crippen LogP contribution in [0.5, 0.6) is 0 Å². The van der Waals surface area contributed by atoms with Gasteiger partial charge in [0, 0.05) is 23.8 Å². The lowest BCUT2D eigenvalue weighted by Crippen LogP contribution is -2.23. The van der Waals surface area contributed by atoms with Crippen LogP contribution in [-0.4, -0.2) is 16.3 Å². The van der Waals surface area contributed by atoms with Gasteiger partial charge >= 0.3 is 0 Å². The zero-order valence-corrected chi connectivity index (χ0v) is 12.4. The van der Waals surface area contributed by atoms with Gasteiger partial charge < -0.3 is 5.32 Å². The second-order valence-electron chi connectivity index (χ2n) is 4.86. The van der Waals surface area contributed by atoms with Gasteiger partial charge in [0.1, 0.15) is 0 Å². The Morgan fingerprint density at radius 2 is 2.21 bits per heavy atom. The second kappa shape index (κ2) is 6.22. The first-order valence-electron chi connectivity index (χ1n) is 6.59. The molecular formula is C15H20ClN3. The van der Waals surface area contributed by atoms with E-state index in [4.69, 9.17) is 11.6 Å². The predicted octanol–water partition coefficient (Wildman–Crippen LogP) is 3.47. The highest BCUT2D eigenvalue weighted by atomic mass is 35.5. The Morgan fingerprint density at radius 3 is 2.79 bits per heavy atom. The highest BCUT2D eigenvalue weighted by Crippen LogP contribution is 2.28. The molecule has 0 aliphatic rings. The molecule has 19 heavy (non-hydrogen) atoms. The summed E-state index contributed by atoms with van der Waals surface area (Å²) in [5.74, 6) is 0. The van der Waals surface area contributed by atoms with Crippen LogP contribution in [0.4, 0.5) is 0 Å². The highest BCUT2D eigenvalue weighted by molar-refractivity contribution is 6.31. The summed E-state index contributed by atoms with van der Waals surface area (Å²) in [4.78, 5) is 0. The summed E-state index contributed by atoms with van der Waals surface area (Å²) >= 11 is 6.39. The monoisotopic (exact) mass is 277 g/mol. The number of halogens is 1. The highest BCUT2D eigenvalue weighted by Gasteiger charge is 2.17. The molecule has 102 valence electrons. The van der Waals surface area contributed by atoms with E-state index in [0.717, 1.165) is 29.1 Å². The number of hydrogen-bond acceptors (Lipinski definition) is 2. The van der Waals surface area contributed by atoms with Crippen molar-refractivity contribution in [3.8, 4) is 0 Å². The topological polar surface area (TPSA) is 29.9 Å². The molecule has 2 rings (SSSR count). The van der Waals surface area contributed by atoms with Crippen molar-refractivity contribution in [3.05, 3.63) is 52.3 Å². The maximum absolute atomic E-state index is 6.39. The van der Waals surface area contributed by atoms with Crippen molar-refractivity contribution >= 4 is 11.6 Å². The van der Waals surface area contributed by atoms with Crippen molar-refractivity contribution in [2.75, 3.05) is 6.54 Å². The average Bonchev–Trinajstić information content (AvgIpc) is 2.78. The molecule has 1 aromatic heterocycles. The minimum atomic E-state index is 0.0988. The Balaban J connectivity index is 2.36. The van der Waals surface area contributed by atoms with Crippen LogP contribution in [0.2, 0.25) is 5.02 Å². The molecule has 0 spiro atoms. The average molecular weight is 278 g/mol. The molecule has 0 amide bonds. The van der Waals surface area contributed by atoms with E-state index in [1.165, 1.54) is 5.56 Å². The van der Waals surface area contributed by atoms with Gasteiger partial charge in [0.05, 0.1) is 12.2 Å². The SMILES string of the molecule is CCCNC(c1cnn(C)c1)c1ccc(C)cc1Cl. The lowest BCUT2D eigenvalue weighted by atomic mass is 10.00. The van der Waals surface area contributed by atoms with Crippen LogP contribution in [0, 0.1) is 6.92 Å². The van der Waals surface area contributed by atoms with Gasteiger partial charge in [-0.3, -0.25) is 4.68 Å². The van der Waals surface area contributed by atoms with Crippen molar-refractivity contribution in [1.82, 2.24) is 15.1 Å². The molecule has 2 aromatic rings. The molecule has 1 aromatic carbocycles. The number of aromatic nitrogens is 2. The molecule has 1 N–H and O–H groups in total. The molecule has 3 nitrogen and oxygen atoms in total. The fraction of sp³-hybridized carbons (Fsp3) is 0.400. The molecule has 1 atom stereocenters. The molecular weight excluding hydrogens is 258 g/mol. The first-order valence-corrected chi connectivity index (χ1v) is 6.97. The molecule has 0 radical (unpaired) electrons. The van der Waals surface area contributed by atoms with Crippen molar-refractivity contribution in [2.24, 2.45) is 7.05 Å². The van der Waals surface area contributed by atoms with Crippen LogP contribution in [0.3, 0.4) is 0 Å². The van der Waals surface area contributed by atoms with Crippen molar-refractivity contribution in [2.45, 2.75) is 26.3 Å². The van der Waals surface area contributed by atoms with Crippen LogP contribution in [-0.2, 0) is 7.05 Å². The van der Waals surface area contributed by atoms with E-state index in [1.807, 2.05) is 37.1 Å². The van der Waals surface area contributed by atoms with Gasteiger partial charge in [0.25, 0.3) is 0 Å². The first-order chi connectivity index (χ1) is 9.11. The molecule has 0 aliphatic carbocycles. The molecule has 4 heteroatoms. The van der Waals surface area contributed by atoms with Crippen LogP contribution in [0.1, 0.15) is 36.1 Å². The van der Waals surface area contributed by atoms with Gasteiger partial charge in [0.2, 0.25) is 0 Å². The van der Waals surface area contributed by atoms with Crippen LogP contribution in [0.25, 0.3) is 0 Å². The van der Waals surface area contributed by atoms with Crippen LogP contribution < -0.4 is 5.32 Å². The number of hydrogen-bond donors (Lipinski definition) is 1. The van der Waals surface area contributed by atoms with E-state index in [0.29, 0.717) is 0 Å². The number of benzene rings is 1. The van der Waals surface area contributed by atoms with E-state index in [1.54, 1.807) is 0 Å². The maximum Gasteiger partial charge on any atom is 0.0622 e. The van der Waals surface area contributed by atoms with Crippen LogP contribution in [0.15, 0.2) is 30.6 Å². The van der Waals surface area contributed by atoms with Crippen molar-refractivity contribution in [3.63, 3.8) is 0 Å². The third kappa shape index (κ3) is 3.37. The number of nitrogens with zero attached hydrogens (tertiary/aromatic N) is 2. The molecule has 0 fully saturated rings. The van der Waals surface area contributed by atoms with E-state index in [9.17, 15) is 0 Å². The molecule has 0 saturated carbocycles. The number of aryl methyl sites for hydroxylation is 2. The third-order valence-corrected chi connectivity index (χ3v) is 3.45. The summed E-state index contributed by atoms with van der Waals surface area (Å²) in [5, 5.41) is 8.59. The Hall–Kier alpha value is -1.32. The fourth-order valence-electron chi connectivity index (χ4n) is 2.15. The second-order valence-corrected chi connectivity index (χ2v) is 5.27. The first kappa shape index (κ1) is 14.1. The number of rotatable bonds is 5. The van der Waals surface area contributed by atoms with E-state index < -0.39 is 0 Å². The van der Waals surface area contributed by atoms with Gasteiger partial charge in [-0.1, -0.05) is 30.7 Å². The largest absolute Gasteiger partial charge is 0.306 e. The summed E-state index contributed by atoms with van der Waals surface area (Å²) in [7, 11) is 1.93. The van der Waals surface area contributed by atoms with Crippen molar-refractivity contribution < 1.29 is 0 Å². The molecule has 1 heterocycles. The zero-order valence-electron chi connectivity index (χ0n) is 11.7. The molecule has 0 saturated heterocycles. The summed E-state index contributed by atoms with van der Waals surface area (Å²) in [6.45, 7) is 5.15. The van der Waals surface area contributed by atoms with E-state index >= 15 is 0 Å². The third-order valence-electron chi connectivity index (χ3n) is 3.12. The predicted molar refractivity (Wildman–Crippen MR) is 79.5 cm³/mol. The Bertz CT molecular complexity index is 548. The Kier molecular flexibility index (Phi) is 4.61. The lowest BCUT2D eigenvalue weighted by molar-refractivity contribution is 0.598. The van der Waals surface area contributed by atoms with Crippen LogP contribution >= 0.6 is 11.6 Å². The van der Waals surface area contributed by atoms with E-state index in [2.05, 4.69) is 29.5 Å². The van der Waals surface area contributed by atoms with Gasteiger partial charge in [0.15, 0.2) is 0 Å². The lowest BCUT2D eigenvalue weighted by Gasteiger charge is -2.19. The van der Waals surface area contributed by atoms with Gasteiger partial charge in [-0.2, -0.15) is 5.10 Å². The molecule has 0 bridgehead atoms. The smallest absolute Gasteiger partial charge is 0.0622 e. The number of nitrogens with one attached hydrogen (secondary N) is 1. The van der Waals surface area contributed by atoms with Gasteiger partial charge in [-0.15, -0.1) is 0 Å². The fourth-order valence-corrected chi connectivity index (χ4v) is 2.50. The molecule has 0 aliphatic heterocycles. The normalized spacial score (nSPS) is 12.6. The van der Waals surface area contributed by atoms with Crippen molar-refractivity contribution in [1.29, 1.82) is 0 Å². The summed E-state index contributed by atoms with van der Waals surface area (Å²) < 4.78 is 1.82. The minimum absolute atomic E-state index is 0.0988. The Morgan fingerprint density at radius 1 is 1.42 bits per heavy atom. The zero-order chi connectivity index (χ0) is 13.8. The molecule has 1 unspecified atom stereocenters. The van der Waals surface area contributed by atoms with E-state index in [-0.39, 0.29) is 6.04 Å². The van der Waals surface area contributed by atoms with Gasteiger partial charge in [-0.25, -0.2) is 0 Å². The maximum atomic E-state index is 6.39. The summed E-state index contributed by atoms with van der Waals surface area (Å²) in [5.41, 5.74) is 3.42. The summed E-state index contributed by atoms with van der Waals surface area (Å²) in [6.07, 6.45) is 5.01. The Labute approximate surface area is 119 Å². The standard InChI is InChI=1S/C15H20ClN3/c1-4-7-17-15(12-9-18-19(3)10-12)13-6-5-11(2)8-14(13)16/h5-6,8-10,15,17H,4,7H2,1-3H3.